The van der Waals surface area contributed by atoms with Crippen molar-refractivity contribution >= 4 is 22.0 Å². The largest absolute Gasteiger partial charge is 0.456 e. The highest BCUT2D eigenvalue weighted by Gasteiger charge is 2.08. The number of nitrogens with zero attached hydrogens (tertiary/aromatic N) is 1. The van der Waals surface area contributed by atoms with Gasteiger partial charge in [0.1, 0.15) is 11.5 Å². The van der Waals surface area contributed by atoms with Gasteiger partial charge in [-0.2, -0.15) is 0 Å². The fourth-order valence-electron chi connectivity index (χ4n) is 1.36. The number of nitro groups is 1. The second-order valence-electron chi connectivity index (χ2n) is 3.29. The van der Waals surface area contributed by atoms with Gasteiger partial charge in [0.05, 0.1) is 11.0 Å². The number of hydrogen-bond donors (Lipinski definition) is 0. The summed E-state index contributed by atoms with van der Waals surface area (Å²) in [6.45, 7) is 0. The molecule has 0 spiro atoms. The quantitative estimate of drug-likeness (QED) is 0.490. The Labute approximate surface area is 106 Å². The zero-order chi connectivity index (χ0) is 12.3. The van der Waals surface area contributed by atoms with Gasteiger partial charge < -0.3 is 4.42 Å². The number of hydrogen-bond acceptors (Lipinski definition) is 3. The van der Waals surface area contributed by atoms with Crippen molar-refractivity contribution in [2.45, 2.75) is 0 Å². The van der Waals surface area contributed by atoms with Gasteiger partial charge in [0.25, 0.3) is 0 Å². The monoisotopic (exact) mass is 293 g/mol. The van der Waals surface area contributed by atoms with Crippen LogP contribution < -0.4 is 0 Å². The Kier molecular flexibility index (Phi) is 3.39. The van der Waals surface area contributed by atoms with Crippen LogP contribution in [0.15, 0.2) is 51.5 Å². The van der Waals surface area contributed by atoms with Gasteiger partial charge in [-0.05, 0) is 12.1 Å². The summed E-state index contributed by atoms with van der Waals surface area (Å²) in [5.41, 5.74) is 0.935. The molecule has 2 rings (SSSR count). The first-order valence-corrected chi connectivity index (χ1v) is 5.63. The molecule has 0 N–H and O–H groups in total. The minimum absolute atomic E-state index is 0.133. The molecule has 4 nitrogen and oxygen atoms in total. The van der Waals surface area contributed by atoms with Gasteiger partial charge in [0.2, 0.25) is 0 Å². The molecule has 0 aliphatic rings. The van der Waals surface area contributed by atoms with E-state index in [-0.39, 0.29) is 4.61 Å². The average molecular weight is 294 g/mol. The second-order valence-corrected chi connectivity index (χ2v) is 4.10. The van der Waals surface area contributed by atoms with Crippen molar-refractivity contribution in [3.05, 3.63) is 62.9 Å². The summed E-state index contributed by atoms with van der Waals surface area (Å²) < 4.78 is 5.35. The summed E-state index contributed by atoms with van der Waals surface area (Å²) >= 11 is 2.85. The molecule has 0 fully saturated rings. The van der Waals surface area contributed by atoms with Gasteiger partial charge in [0, 0.05) is 21.5 Å². The molecule has 5 heteroatoms. The first-order chi connectivity index (χ1) is 8.16. The van der Waals surface area contributed by atoms with Crippen LogP contribution in [0.25, 0.3) is 17.4 Å². The zero-order valence-corrected chi connectivity index (χ0v) is 10.3. The standard InChI is InChI=1S/C12H8BrNO3/c13-12(14(15)16)8-10-6-7-11(17-10)9-4-2-1-3-5-9/h1-8H. The highest BCUT2D eigenvalue weighted by Crippen LogP contribution is 2.23. The van der Waals surface area contributed by atoms with Crippen LogP contribution in [0.1, 0.15) is 5.76 Å². The Morgan fingerprint density at radius 1 is 1.24 bits per heavy atom. The van der Waals surface area contributed by atoms with Crippen LogP contribution in [0.3, 0.4) is 0 Å². The van der Waals surface area contributed by atoms with E-state index in [4.69, 9.17) is 4.42 Å². The molecular weight excluding hydrogens is 286 g/mol. The lowest BCUT2D eigenvalue weighted by Gasteiger charge is -1.94. The van der Waals surface area contributed by atoms with Crippen LogP contribution in [-0.4, -0.2) is 4.92 Å². The van der Waals surface area contributed by atoms with Crippen LogP contribution in [-0.2, 0) is 0 Å². The zero-order valence-electron chi connectivity index (χ0n) is 8.67. The molecule has 17 heavy (non-hydrogen) atoms. The van der Waals surface area contributed by atoms with Gasteiger partial charge in [-0.1, -0.05) is 30.3 Å². The van der Waals surface area contributed by atoms with Gasteiger partial charge >= 0.3 is 4.61 Å². The lowest BCUT2D eigenvalue weighted by molar-refractivity contribution is -0.407. The second kappa shape index (κ2) is 4.97. The van der Waals surface area contributed by atoms with Crippen molar-refractivity contribution in [3.63, 3.8) is 0 Å². The molecule has 1 heterocycles. The predicted octanol–water partition coefficient (Wildman–Crippen LogP) is 3.92. The number of rotatable bonds is 3. The van der Waals surface area contributed by atoms with Gasteiger partial charge in [-0.15, -0.1) is 0 Å². The Morgan fingerprint density at radius 2 is 1.94 bits per heavy atom. The summed E-state index contributed by atoms with van der Waals surface area (Å²) in [4.78, 5) is 9.91. The van der Waals surface area contributed by atoms with Crippen molar-refractivity contribution in [3.8, 4) is 11.3 Å². The van der Waals surface area contributed by atoms with Gasteiger partial charge in [-0.3, -0.25) is 10.1 Å². The molecule has 0 bridgehead atoms. The van der Waals surface area contributed by atoms with Crippen LogP contribution in [0.5, 0.6) is 0 Å². The third-order valence-corrected chi connectivity index (χ3v) is 2.64. The topological polar surface area (TPSA) is 56.3 Å². The van der Waals surface area contributed by atoms with Gasteiger partial charge in [0.15, 0.2) is 0 Å². The van der Waals surface area contributed by atoms with Crippen molar-refractivity contribution in [2.24, 2.45) is 0 Å². The van der Waals surface area contributed by atoms with Crippen LogP contribution >= 0.6 is 15.9 Å². The van der Waals surface area contributed by atoms with E-state index < -0.39 is 4.92 Å². The summed E-state index contributed by atoms with van der Waals surface area (Å²) in [5.74, 6) is 1.12. The minimum Gasteiger partial charge on any atom is -0.456 e. The van der Waals surface area contributed by atoms with E-state index in [0.717, 1.165) is 5.56 Å². The van der Waals surface area contributed by atoms with E-state index >= 15 is 0 Å². The minimum atomic E-state index is -0.523. The highest BCUT2D eigenvalue weighted by molar-refractivity contribution is 9.11. The third kappa shape index (κ3) is 2.82. The number of furan rings is 1. The molecule has 86 valence electrons. The molecule has 0 radical (unpaired) electrons. The van der Waals surface area contributed by atoms with Crippen LogP contribution in [0.2, 0.25) is 0 Å². The molecule has 0 unspecified atom stereocenters. The lowest BCUT2D eigenvalue weighted by Crippen LogP contribution is -1.89. The smallest absolute Gasteiger partial charge is 0.314 e. The van der Waals surface area contributed by atoms with Crippen LogP contribution in [0, 0.1) is 10.1 Å². The van der Waals surface area contributed by atoms with Gasteiger partial charge in [-0.25, -0.2) is 0 Å². The van der Waals surface area contributed by atoms with E-state index in [9.17, 15) is 10.1 Å². The van der Waals surface area contributed by atoms with Crippen molar-refractivity contribution in [1.29, 1.82) is 0 Å². The molecule has 0 amide bonds. The molecule has 2 aromatic rings. The van der Waals surface area contributed by atoms with Crippen LogP contribution in [0.4, 0.5) is 0 Å². The summed E-state index contributed by atoms with van der Waals surface area (Å²) in [6, 6.07) is 13.0. The van der Waals surface area contributed by atoms with E-state index in [2.05, 4.69) is 15.9 Å². The molecule has 1 aromatic heterocycles. The first kappa shape index (κ1) is 11.6. The maximum Gasteiger partial charge on any atom is 0.314 e. The maximum atomic E-state index is 10.4. The van der Waals surface area contributed by atoms with E-state index in [1.165, 1.54) is 6.08 Å². The van der Waals surface area contributed by atoms with E-state index in [0.29, 0.717) is 11.5 Å². The summed E-state index contributed by atoms with van der Waals surface area (Å²) in [7, 11) is 0. The first-order valence-electron chi connectivity index (χ1n) is 4.83. The summed E-state index contributed by atoms with van der Waals surface area (Å²) in [6.07, 6.45) is 1.33. The van der Waals surface area contributed by atoms with Crippen molar-refractivity contribution in [1.82, 2.24) is 0 Å². The lowest BCUT2D eigenvalue weighted by atomic mass is 10.2. The average Bonchev–Trinajstić information content (AvgIpc) is 2.78. The molecule has 0 atom stereocenters. The normalized spacial score (nSPS) is 11.5. The molecule has 0 aliphatic heterocycles. The molecule has 0 saturated heterocycles. The third-order valence-electron chi connectivity index (χ3n) is 2.12. The molecule has 1 aromatic carbocycles. The number of halogens is 1. The van der Waals surface area contributed by atoms with E-state index in [1.807, 2.05) is 30.3 Å². The molecule has 0 aliphatic carbocycles. The molecule has 0 saturated carbocycles. The predicted molar refractivity (Wildman–Crippen MR) is 68.0 cm³/mol. The van der Waals surface area contributed by atoms with Crippen molar-refractivity contribution < 1.29 is 9.34 Å². The summed E-state index contributed by atoms with van der Waals surface area (Å²) in [5, 5.41) is 10.4. The van der Waals surface area contributed by atoms with E-state index in [1.54, 1.807) is 12.1 Å². The Morgan fingerprint density at radius 3 is 2.59 bits per heavy atom. The molecular formula is C12H8BrNO3. The SMILES string of the molecule is O=[N+]([O-])C(Br)=Cc1ccc(-c2ccccc2)o1. The Bertz CT molecular complexity index is 560. The maximum absolute atomic E-state index is 10.4. The highest BCUT2D eigenvalue weighted by atomic mass is 79.9. The fourth-order valence-corrected chi connectivity index (χ4v) is 1.58. The Balaban J connectivity index is 2.29. The Hall–Kier alpha value is -1.88. The number of benzene rings is 1. The van der Waals surface area contributed by atoms with Crippen molar-refractivity contribution in [2.75, 3.05) is 0 Å². The fraction of sp³-hybridized carbons (Fsp3) is 0.